The van der Waals surface area contributed by atoms with Crippen molar-refractivity contribution in [3.63, 3.8) is 0 Å². The molecule has 2 nitrogen and oxygen atoms in total. The zero-order chi connectivity index (χ0) is 2.71. The summed E-state index contributed by atoms with van der Waals surface area (Å²) in [5.41, 5.74) is 0. The van der Waals surface area contributed by atoms with E-state index in [-0.39, 0.29) is 59.1 Å². The quantitative estimate of drug-likeness (QED) is 0.433. The second-order valence-corrected chi connectivity index (χ2v) is 0.250. The maximum Gasteiger partial charge on any atom is 0.303 e. The molecule has 0 atom stereocenters. The first-order chi connectivity index (χ1) is 1.41. The standard InChI is InChI=1S/Al.Ce.HO2P/c;;1-3-2/h;;3H. The van der Waals surface area contributed by atoms with Crippen LogP contribution in [0.15, 0.2) is 0 Å². The van der Waals surface area contributed by atoms with Crippen LogP contribution < -0.4 is 0 Å². The third-order valence-electron chi connectivity index (χ3n) is 0. The minimum absolute atomic E-state index is 0. The molecule has 0 N–H and O–H groups in total. The second-order valence-electron chi connectivity index (χ2n) is 0.0833. The summed E-state index contributed by atoms with van der Waals surface area (Å²) >= 11 is 0. The third kappa shape index (κ3) is 25.8. The summed E-state index contributed by atoms with van der Waals surface area (Å²) in [6.07, 6.45) is 0. The molecule has 3 radical (unpaired) electrons. The van der Waals surface area contributed by atoms with Crippen LogP contribution in [-0.2, 0) is 9.13 Å². The fourth-order valence-electron chi connectivity index (χ4n) is 0. The Bertz CT molecular complexity index is 30.6. The Morgan fingerprint density at radius 1 is 1.20 bits per heavy atom. The molecule has 0 saturated heterocycles. The predicted octanol–water partition coefficient (Wildman–Crippen LogP) is -0.0249. The molecule has 5 heavy (non-hydrogen) atoms. The van der Waals surface area contributed by atoms with Gasteiger partial charge in [-0.3, -0.25) is 0 Å². The topological polar surface area (TPSA) is 34.1 Å². The van der Waals surface area contributed by atoms with Gasteiger partial charge in [-0.1, -0.05) is 0 Å². The predicted molar refractivity (Wildman–Crippen MR) is 15.4 cm³/mol. The van der Waals surface area contributed by atoms with Crippen molar-refractivity contribution < 1.29 is 50.9 Å². The first-order valence-corrected chi connectivity index (χ1v) is 1.22. The molecule has 5 heteroatoms. The van der Waals surface area contributed by atoms with E-state index >= 15 is 0 Å². The summed E-state index contributed by atoms with van der Waals surface area (Å²) in [7, 11) is -1.42. The van der Waals surface area contributed by atoms with Crippen molar-refractivity contribution in [3.05, 3.63) is 0 Å². The van der Waals surface area contributed by atoms with E-state index in [0.29, 0.717) is 0 Å². The van der Waals surface area contributed by atoms with Crippen molar-refractivity contribution >= 4 is 25.7 Å². The smallest absolute Gasteiger partial charge is 0.241 e. The molecule has 0 fully saturated rings. The molecular weight excluding hydrogens is 230 g/mol. The van der Waals surface area contributed by atoms with Crippen LogP contribution in [0.2, 0.25) is 0 Å². The van der Waals surface area contributed by atoms with Gasteiger partial charge in [0.1, 0.15) is 0 Å². The van der Waals surface area contributed by atoms with E-state index in [0.717, 1.165) is 0 Å². The van der Waals surface area contributed by atoms with Gasteiger partial charge in [-0.05, 0) is 0 Å². The van der Waals surface area contributed by atoms with Crippen LogP contribution in [0.25, 0.3) is 0 Å². The molecule has 0 unspecified atom stereocenters. The zero-order valence-electron chi connectivity index (χ0n) is 2.39. The van der Waals surface area contributed by atoms with Crippen molar-refractivity contribution in [2.24, 2.45) is 0 Å². The molecule has 0 aliphatic rings. The van der Waals surface area contributed by atoms with Crippen LogP contribution in [-0.4, -0.2) is 17.4 Å². The van der Waals surface area contributed by atoms with E-state index in [2.05, 4.69) is 0 Å². The van der Waals surface area contributed by atoms with Crippen molar-refractivity contribution in [2.45, 2.75) is 0 Å². The SMILES string of the molecule is O=[PH]=O.[Al].[Ce]. The van der Waals surface area contributed by atoms with Crippen LogP contribution in [0.1, 0.15) is 0 Å². The van der Waals surface area contributed by atoms with E-state index in [4.69, 9.17) is 9.13 Å². The van der Waals surface area contributed by atoms with Crippen LogP contribution in [0, 0.1) is 41.7 Å². The Morgan fingerprint density at radius 3 is 1.20 bits per heavy atom. The first kappa shape index (κ1) is 15.8. The Labute approximate surface area is 75.5 Å². The van der Waals surface area contributed by atoms with Gasteiger partial charge >= 0.3 is 8.34 Å². The van der Waals surface area contributed by atoms with Crippen LogP contribution in [0.4, 0.5) is 0 Å². The molecule has 0 aromatic heterocycles. The summed E-state index contributed by atoms with van der Waals surface area (Å²) in [4.78, 5) is 0. The molecule has 0 aromatic rings. The number of rotatable bonds is 0. The van der Waals surface area contributed by atoms with E-state index in [1.165, 1.54) is 0 Å². The molecular formula is HAlCeO2P. The maximum atomic E-state index is 8.40. The largest absolute Gasteiger partial charge is 0.303 e. The van der Waals surface area contributed by atoms with Gasteiger partial charge in [0.25, 0.3) is 0 Å². The first-order valence-electron chi connectivity index (χ1n) is 0.408. The third-order valence-corrected chi connectivity index (χ3v) is 0. The summed E-state index contributed by atoms with van der Waals surface area (Å²) < 4.78 is 16.8. The van der Waals surface area contributed by atoms with Crippen LogP contribution in [0.5, 0.6) is 0 Å². The van der Waals surface area contributed by atoms with Gasteiger partial charge in [-0.2, -0.15) is 0 Å². The molecule has 0 aliphatic carbocycles. The van der Waals surface area contributed by atoms with E-state index in [1.807, 2.05) is 0 Å². The summed E-state index contributed by atoms with van der Waals surface area (Å²) in [5, 5.41) is 0. The van der Waals surface area contributed by atoms with Crippen molar-refractivity contribution in [2.75, 3.05) is 0 Å². The van der Waals surface area contributed by atoms with Gasteiger partial charge in [0.2, 0.25) is 0 Å². The molecule has 0 rings (SSSR count). The van der Waals surface area contributed by atoms with E-state index < -0.39 is 8.34 Å². The average molecular weight is 231 g/mol. The zero-order valence-corrected chi connectivity index (χ0v) is 7.69. The van der Waals surface area contributed by atoms with Gasteiger partial charge < -0.3 is 0 Å². The summed E-state index contributed by atoms with van der Waals surface area (Å²) in [6.45, 7) is 0. The fraction of sp³-hybridized carbons (Fsp3) is 0. The Morgan fingerprint density at radius 2 is 1.20 bits per heavy atom. The minimum Gasteiger partial charge on any atom is -0.241 e. The molecule has 25 valence electrons. The van der Waals surface area contributed by atoms with Crippen molar-refractivity contribution in [3.8, 4) is 0 Å². The van der Waals surface area contributed by atoms with Gasteiger partial charge in [-0.25, -0.2) is 9.13 Å². The Kier molecular flexibility index (Phi) is 53.9. The second kappa shape index (κ2) is 17.0. The molecule has 0 bridgehead atoms. The van der Waals surface area contributed by atoms with Crippen molar-refractivity contribution in [1.82, 2.24) is 0 Å². The molecule has 0 amide bonds. The van der Waals surface area contributed by atoms with E-state index in [9.17, 15) is 0 Å². The normalized spacial score (nSPS) is 2.40. The maximum absolute atomic E-state index is 8.40. The van der Waals surface area contributed by atoms with E-state index in [1.54, 1.807) is 0 Å². The molecule has 0 heterocycles. The molecule has 0 aromatic carbocycles. The molecule has 0 aliphatic heterocycles. The van der Waals surface area contributed by atoms with Crippen molar-refractivity contribution in [1.29, 1.82) is 0 Å². The minimum atomic E-state index is -1.42. The van der Waals surface area contributed by atoms with Gasteiger partial charge in [0.05, 0.1) is 0 Å². The monoisotopic (exact) mass is 231 g/mol. The molecule has 0 spiro atoms. The van der Waals surface area contributed by atoms with Crippen LogP contribution in [0.3, 0.4) is 0 Å². The van der Waals surface area contributed by atoms with Gasteiger partial charge in [0.15, 0.2) is 0 Å². The van der Waals surface area contributed by atoms with Gasteiger partial charge in [0, 0.05) is 59.1 Å². The summed E-state index contributed by atoms with van der Waals surface area (Å²) in [6, 6.07) is 0. The Balaban J connectivity index is -0.0000000200. The van der Waals surface area contributed by atoms with Crippen LogP contribution >= 0.6 is 8.34 Å². The van der Waals surface area contributed by atoms with Gasteiger partial charge in [-0.15, -0.1) is 0 Å². The number of hydrogen-bond donors (Lipinski definition) is 0. The average Bonchev–Trinajstić information content (AvgIpc) is 0.918. The number of hydrogen-bond acceptors (Lipinski definition) is 2. The fourth-order valence-corrected chi connectivity index (χ4v) is 0. The summed E-state index contributed by atoms with van der Waals surface area (Å²) in [5.74, 6) is 0. The molecule has 0 saturated carbocycles. The Hall–Kier alpha value is 1.81.